The van der Waals surface area contributed by atoms with Crippen LogP contribution in [0.15, 0.2) is 0 Å². The highest BCUT2D eigenvalue weighted by Gasteiger charge is 2.22. The fourth-order valence-electron chi connectivity index (χ4n) is 2.07. The van der Waals surface area contributed by atoms with Crippen molar-refractivity contribution in [3.8, 4) is 0 Å². The molecular formula is C10H22N2O2S. The SMILES string of the molecule is CCN1CCCC1CNCCS(C)(=O)=O. The van der Waals surface area contributed by atoms with Gasteiger partial charge in [-0.2, -0.15) is 0 Å². The highest BCUT2D eigenvalue weighted by Crippen LogP contribution is 2.15. The number of likely N-dealkylation sites (tertiary alicyclic amines) is 1. The van der Waals surface area contributed by atoms with Crippen molar-refractivity contribution in [2.24, 2.45) is 0 Å². The van der Waals surface area contributed by atoms with Crippen LogP contribution >= 0.6 is 0 Å². The lowest BCUT2D eigenvalue weighted by molar-refractivity contribution is 0.261. The molecule has 1 atom stereocenters. The molecule has 1 unspecified atom stereocenters. The number of hydrogen-bond acceptors (Lipinski definition) is 4. The van der Waals surface area contributed by atoms with Crippen LogP contribution in [0.5, 0.6) is 0 Å². The van der Waals surface area contributed by atoms with Gasteiger partial charge in [0.05, 0.1) is 5.75 Å². The molecule has 0 radical (unpaired) electrons. The molecule has 90 valence electrons. The largest absolute Gasteiger partial charge is 0.314 e. The van der Waals surface area contributed by atoms with E-state index in [9.17, 15) is 8.42 Å². The Morgan fingerprint density at radius 3 is 2.80 bits per heavy atom. The zero-order valence-corrected chi connectivity index (χ0v) is 10.5. The van der Waals surface area contributed by atoms with Gasteiger partial charge in [-0.3, -0.25) is 4.90 Å². The quantitative estimate of drug-likeness (QED) is 0.663. The Morgan fingerprint density at radius 1 is 1.47 bits per heavy atom. The van der Waals surface area contributed by atoms with Crippen molar-refractivity contribution in [1.82, 2.24) is 10.2 Å². The van der Waals surface area contributed by atoms with Gasteiger partial charge < -0.3 is 5.32 Å². The predicted molar refractivity (Wildman–Crippen MR) is 62.8 cm³/mol. The molecule has 15 heavy (non-hydrogen) atoms. The van der Waals surface area contributed by atoms with Crippen molar-refractivity contribution in [2.75, 3.05) is 38.2 Å². The summed E-state index contributed by atoms with van der Waals surface area (Å²) in [6.45, 7) is 5.96. The first kappa shape index (κ1) is 12.9. The number of nitrogens with one attached hydrogen (secondary N) is 1. The maximum absolute atomic E-state index is 10.9. The van der Waals surface area contributed by atoms with E-state index in [2.05, 4.69) is 17.1 Å². The van der Waals surface area contributed by atoms with Gasteiger partial charge in [-0.05, 0) is 25.9 Å². The van der Waals surface area contributed by atoms with E-state index < -0.39 is 9.84 Å². The minimum absolute atomic E-state index is 0.242. The smallest absolute Gasteiger partial charge is 0.148 e. The third kappa shape index (κ3) is 4.95. The molecule has 1 saturated heterocycles. The van der Waals surface area contributed by atoms with Gasteiger partial charge in [-0.25, -0.2) is 8.42 Å². The summed E-state index contributed by atoms with van der Waals surface area (Å²) in [7, 11) is -2.82. The second-order valence-corrected chi connectivity index (χ2v) is 6.52. The average Bonchev–Trinajstić information content (AvgIpc) is 2.58. The normalized spacial score (nSPS) is 23.5. The third-order valence-corrected chi connectivity index (χ3v) is 3.88. The van der Waals surface area contributed by atoms with Gasteiger partial charge in [0.1, 0.15) is 9.84 Å². The number of sulfone groups is 1. The maximum Gasteiger partial charge on any atom is 0.148 e. The first-order valence-electron chi connectivity index (χ1n) is 5.65. The molecular weight excluding hydrogens is 212 g/mol. The Bertz CT molecular complexity index is 277. The van der Waals surface area contributed by atoms with Crippen LogP contribution in [0.3, 0.4) is 0 Å². The van der Waals surface area contributed by atoms with Crippen molar-refractivity contribution >= 4 is 9.84 Å². The number of likely N-dealkylation sites (N-methyl/N-ethyl adjacent to an activating group) is 1. The fraction of sp³-hybridized carbons (Fsp3) is 1.00. The topological polar surface area (TPSA) is 49.4 Å². The summed E-state index contributed by atoms with van der Waals surface area (Å²) in [4.78, 5) is 2.45. The van der Waals surface area contributed by atoms with Crippen LogP contribution in [0.4, 0.5) is 0 Å². The van der Waals surface area contributed by atoms with Crippen molar-refractivity contribution in [3.05, 3.63) is 0 Å². The molecule has 1 rings (SSSR count). The van der Waals surface area contributed by atoms with E-state index in [1.165, 1.54) is 25.6 Å². The summed E-state index contributed by atoms with van der Waals surface area (Å²) >= 11 is 0. The molecule has 1 fully saturated rings. The van der Waals surface area contributed by atoms with Gasteiger partial charge in [0.2, 0.25) is 0 Å². The molecule has 0 aliphatic carbocycles. The zero-order valence-electron chi connectivity index (χ0n) is 9.70. The predicted octanol–water partition coefficient (Wildman–Crippen LogP) is 0.105. The highest BCUT2D eigenvalue weighted by atomic mass is 32.2. The Balaban J connectivity index is 2.15. The maximum atomic E-state index is 10.9. The lowest BCUT2D eigenvalue weighted by atomic mass is 10.2. The van der Waals surface area contributed by atoms with Gasteiger partial charge >= 0.3 is 0 Å². The second-order valence-electron chi connectivity index (χ2n) is 4.26. The van der Waals surface area contributed by atoms with Crippen LogP contribution < -0.4 is 5.32 Å². The molecule has 1 heterocycles. The molecule has 0 amide bonds. The lowest BCUT2D eigenvalue weighted by Crippen LogP contribution is -2.39. The van der Waals surface area contributed by atoms with E-state index in [0.717, 1.165) is 13.1 Å². The molecule has 1 N–H and O–H groups in total. The summed E-state index contributed by atoms with van der Waals surface area (Å²) in [6.07, 6.45) is 3.79. The van der Waals surface area contributed by atoms with Crippen LogP contribution in [-0.2, 0) is 9.84 Å². The van der Waals surface area contributed by atoms with E-state index in [-0.39, 0.29) is 5.75 Å². The Hall–Kier alpha value is -0.130. The molecule has 1 aliphatic rings. The van der Waals surface area contributed by atoms with E-state index >= 15 is 0 Å². The summed E-state index contributed by atoms with van der Waals surface area (Å²) < 4.78 is 21.8. The van der Waals surface area contributed by atoms with E-state index in [1.54, 1.807) is 0 Å². The van der Waals surface area contributed by atoms with Gasteiger partial charge in [0, 0.05) is 25.4 Å². The van der Waals surface area contributed by atoms with Crippen molar-refractivity contribution in [1.29, 1.82) is 0 Å². The monoisotopic (exact) mass is 234 g/mol. The molecule has 0 bridgehead atoms. The van der Waals surface area contributed by atoms with E-state index in [4.69, 9.17) is 0 Å². The summed E-state index contributed by atoms with van der Waals surface area (Å²) in [5.74, 6) is 0.242. The second kappa shape index (κ2) is 5.82. The Labute approximate surface area is 93.0 Å². The molecule has 0 spiro atoms. The molecule has 1 aliphatic heterocycles. The van der Waals surface area contributed by atoms with Crippen molar-refractivity contribution in [3.63, 3.8) is 0 Å². The lowest BCUT2D eigenvalue weighted by Gasteiger charge is -2.22. The number of hydrogen-bond donors (Lipinski definition) is 1. The summed E-state index contributed by atoms with van der Waals surface area (Å²) in [5.41, 5.74) is 0. The van der Waals surface area contributed by atoms with Crippen LogP contribution in [0.2, 0.25) is 0 Å². The third-order valence-electron chi connectivity index (χ3n) is 2.93. The first-order chi connectivity index (χ1) is 7.03. The highest BCUT2D eigenvalue weighted by molar-refractivity contribution is 7.90. The minimum atomic E-state index is -2.82. The van der Waals surface area contributed by atoms with Gasteiger partial charge in [0.25, 0.3) is 0 Å². The zero-order chi connectivity index (χ0) is 11.3. The standard InChI is InChI=1S/C10H22N2O2S/c1-3-12-7-4-5-10(12)9-11-6-8-15(2,13)14/h10-11H,3-9H2,1-2H3. The van der Waals surface area contributed by atoms with Gasteiger partial charge in [-0.15, -0.1) is 0 Å². The molecule has 0 aromatic heterocycles. The average molecular weight is 234 g/mol. The first-order valence-corrected chi connectivity index (χ1v) is 7.71. The molecule has 0 aromatic carbocycles. The molecule has 4 nitrogen and oxygen atoms in total. The summed E-state index contributed by atoms with van der Waals surface area (Å²) in [6, 6.07) is 0.606. The Kier molecular flexibility index (Phi) is 5.02. The summed E-state index contributed by atoms with van der Waals surface area (Å²) in [5, 5.41) is 3.23. The van der Waals surface area contributed by atoms with Gasteiger partial charge in [0.15, 0.2) is 0 Å². The fourth-order valence-corrected chi connectivity index (χ4v) is 2.58. The minimum Gasteiger partial charge on any atom is -0.314 e. The van der Waals surface area contributed by atoms with Crippen molar-refractivity contribution < 1.29 is 8.42 Å². The number of rotatable bonds is 6. The van der Waals surface area contributed by atoms with Crippen LogP contribution in [0.1, 0.15) is 19.8 Å². The van der Waals surface area contributed by atoms with Crippen LogP contribution in [-0.4, -0.2) is 57.5 Å². The number of nitrogens with zero attached hydrogens (tertiary/aromatic N) is 1. The van der Waals surface area contributed by atoms with Crippen LogP contribution in [0.25, 0.3) is 0 Å². The van der Waals surface area contributed by atoms with Gasteiger partial charge in [-0.1, -0.05) is 6.92 Å². The van der Waals surface area contributed by atoms with Crippen LogP contribution in [0, 0.1) is 0 Å². The molecule has 5 heteroatoms. The van der Waals surface area contributed by atoms with E-state index in [0.29, 0.717) is 12.6 Å². The van der Waals surface area contributed by atoms with E-state index in [1.807, 2.05) is 0 Å². The molecule has 0 saturated carbocycles. The van der Waals surface area contributed by atoms with Crippen molar-refractivity contribution in [2.45, 2.75) is 25.8 Å². The Morgan fingerprint density at radius 2 is 2.20 bits per heavy atom. The molecule has 0 aromatic rings.